The van der Waals surface area contributed by atoms with E-state index in [1.807, 2.05) is 79.0 Å². The Balaban J connectivity index is 1.29. The zero-order chi connectivity index (χ0) is 32.1. The van der Waals surface area contributed by atoms with E-state index in [1.165, 1.54) is 11.1 Å². The van der Waals surface area contributed by atoms with E-state index in [0.717, 1.165) is 44.7 Å². The fourth-order valence-electron chi connectivity index (χ4n) is 7.25. The molecule has 3 aromatic heterocycles. The first kappa shape index (κ1) is 27.8. The van der Waals surface area contributed by atoms with Gasteiger partial charge in [0.25, 0.3) is 0 Å². The highest BCUT2D eigenvalue weighted by Gasteiger charge is 2.47. The SMILES string of the molecule is Oc1c(-c2ccccn2)cccc1-c1cccc(C2(c3cccc(-c4cnc5ccccc5n4)c3)c3ccccc3-c3ccccc32)n1. The maximum atomic E-state index is 11.6. The molecule has 9 rings (SSSR count). The number of aromatic nitrogens is 4. The minimum absolute atomic E-state index is 0.152. The molecule has 1 aliphatic rings. The normalized spacial score (nSPS) is 12.8. The molecule has 0 spiro atoms. The predicted octanol–water partition coefficient (Wildman–Crippen LogP) is 9.49. The summed E-state index contributed by atoms with van der Waals surface area (Å²) in [5.41, 5.74) is 12.1. The number of fused-ring (bicyclic) bond motifs is 4. The molecule has 5 nitrogen and oxygen atoms in total. The molecule has 1 aliphatic carbocycles. The summed E-state index contributed by atoms with van der Waals surface area (Å²) in [6, 6.07) is 51.3. The maximum Gasteiger partial charge on any atom is 0.134 e. The molecule has 0 bridgehead atoms. The number of phenolic OH excluding ortho intramolecular Hbond substituents is 1. The average Bonchev–Trinajstić information content (AvgIpc) is 3.46. The highest BCUT2D eigenvalue weighted by atomic mass is 16.3. The molecular formula is C43H28N4O. The van der Waals surface area contributed by atoms with Crippen molar-refractivity contribution < 1.29 is 5.11 Å². The molecule has 0 amide bonds. The zero-order valence-corrected chi connectivity index (χ0v) is 25.8. The molecule has 5 aromatic carbocycles. The van der Waals surface area contributed by atoms with Gasteiger partial charge in [-0.3, -0.25) is 15.0 Å². The highest BCUT2D eigenvalue weighted by Crippen LogP contribution is 2.56. The Morgan fingerprint density at radius 1 is 0.458 bits per heavy atom. The molecule has 0 fully saturated rings. The molecule has 3 heterocycles. The Morgan fingerprint density at radius 3 is 1.85 bits per heavy atom. The molecule has 8 aromatic rings. The topological polar surface area (TPSA) is 71.8 Å². The van der Waals surface area contributed by atoms with E-state index in [0.29, 0.717) is 22.5 Å². The number of aromatic hydroxyl groups is 1. The standard InChI is InChI=1S/C43H28N4O/c48-42-32(36-20-7-8-25-44-36)16-10-17-33(42)37-23-11-24-41(47-37)43(34-18-3-1-14-30(34)31-15-2-4-19-35(31)43)29-13-9-12-28(26-29)40-27-45-38-21-5-6-22-39(38)46-40/h1-27,48H. The lowest BCUT2D eigenvalue weighted by Crippen LogP contribution is -2.30. The van der Waals surface area contributed by atoms with Gasteiger partial charge in [-0.2, -0.15) is 0 Å². The minimum Gasteiger partial charge on any atom is -0.507 e. The van der Waals surface area contributed by atoms with Crippen LogP contribution in [-0.4, -0.2) is 25.0 Å². The number of para-hydroxylation sites is 3. The van der Waals surface area contributed by atoms with E-state index in [1.54, 1.807) is 6.20 Å². The van der Waals surface area contributed by atoms with Gasteiger partial charge in [-0.25, -0.2) is 4.98 Å². The second-order valence-electron chi connectivity index (χ2n) is 12.0. The van der Waals surface area contributed by atoms with Gasteiger partial charge in [-0.1, -0.05) is 97.1 Å². The molecule has 48 heavy (non-hydrogen) atoms. The van der Waals surface area contributed by atoms with Gasteiger partial charge >= 0.3 is 0 Å². The largest absolute Gasteiger partial charge is 0.507 e. The third-order valence-corrected chi connectivity index (χ3v) is 9.38. The van der Waals surface area contributed by atoms with Crippen LogP contribution in [0.15, 0.2) is 164 Å². The van der Waals surface area contributed by atoms with Crippen molar-refractivity contribution in [2.24, 2.45) is 0 Å². The molecule has 0 saturated heterocycles. The van der Waals surface area contributed by atoms with Crippen LogP contribution in [-0.2, 0) is 5.41 Å². The number of hydrogen-bond acceptors (Lipinski definition) is 5. The Morgan fingerprint density at radius 2 is 1.08 bits per heavy atom. The van der Waals surface area contributed by atoms with Crippen molar-refractivity contribution in [1.82, 2.24) is 19.9 Å². The van der Waals surface area contributed by atoms with Crippen molar-refractivity contribution in [2.75, 3.05) is 0 Å². The molecule has 5 heteroatoms. The van der Waals surface area contributed by atoms with Crippen LogP contribution in [0.1, 0.15) is 22.4 Å². The van der Waals surface area contributed by atoms with Crippen LogP contribution in [0, 0.1) is 0 Å². The van der Waals surface area contributed by atoms with Gasteiger partial charge in [0.1, 0.15) is 5.75 Å². The van der Waals surface area contributed by atoms with Crippen molar-refractivity contribution in [3.05, 3.63) is 186 Å². The van der Waals surface area contributed by atoms with E-state index in [9.17, 15) is 5.11 Å². The second-order valence-corrected chi connectivity index (χ2v) is 12.0. The second kappa shape index (κ2) is 11.1. The summed E-state index contributed by atoms with van der Waals surface area (Å²) in [6.45, 7) is 0. The van der Waals surface area contributed by atoms with Gasteiger partial charge in [0.15, 0.2) is 0 Å². The third kappa shape index (κ3) is 4.25. The number of pyridine rings is 2. The van der Waals surface area contributed by atoms with Crippen LogP contribution >= 0.6 is 0 Å². The van der Waals surface area contributed by atoms with Crippen molar-refractivity contribution in [1.29, 1.82) is 0 Å². The van der Waals surface area contributed by atoms with E-state index in [4.69, 9.17) is 15.0 Å². The number of hydrogen-bond donors (Lipinski definition) is 1. The first-order valence-electron chi connectivity index (χ1n) is 16.0. The van der Waals surface area contributed by atoms with Gasteiger partial charge in [0, 0.05) is 22.9 Å². The van der Waals surface area contributed by atoms with Crippen LogP contribution in [0.3, 0.4) is 0 Å². The highest BCUT2D eigenvalue weighted by molar-refractivity contribution is 5.87. The molecule has 0 saturated carbocycles. The lowest BCUT2D eigenvalue weighted by molar-refractivity contribution is 0.479. The number of benzene rings is 5. The van der Waals surface area contributed by atoms with Crippen LogP contribution in [0.4, 0.5) is 0 Å². The third-order valence-electron chi connectivity index (χ3n) is 9.38. The minimum atomic E-state index is -0.738. The quantitative estimate of drug-likeness (QED) is 0.209. The summed E-state index contributed by atoms with van der Waals surface area (Å²) >= 11 is 0. The van der Waals surface area contributed by atoms with Crippen LogP contribution < -0.4 is 0 Å². The van der Waals surface area contributed by atoms with E-state index < -0.39 is 5.41 Å². The molecule has 0 unspecified atom stereocenters. The predicted molar refractivity (Wildman–Crippen MR) is 190 cm³/mol. The summed E-state index contributed by atoms with van der Waals surface area (Å²) in [5, 5.41) is 11.6. The summed E-state index contributed by atoms with van der Waals surface area (Å²) in [5.74, 6) is 0.152. The maximum absolute atomic E-state index is 11.6. The van der Waals surface area contributed by atoms with Crippen molar-refractivity contribution in [2.45, 2.75) is 5.41 Å². The van der Waals surface area contributed by atoms with Crippen LogP contribution in [0.5, 0.6) is 5.75 Å². The van der Waals surface area contributed by atoms with Crippen molar-refractivity contribution in [3.63, 3.8) is 0 Å². The summed E-state index contributed by atoms with van der Waals surface area (Å²) in [4.78, 5) is 19.6. The van der Waals surface area contributed by atoms with Gasteiger partial charge in [0.2, 0.25) is 0 Å². The first-order valence-corrected chi connectivity index (χ1v) is 16.0. The van der Waals surface area contributed by atoms with Crippen molar-refractivity contribution in [3.8, 4) is 50.6 Å². The number of phenols is 1. The van der Waals surface area contributed by atoms with Gasteiger partial charge in [0.05, 0.1) is 45.4 Å². The van der Waals surface area contributed by atoms with E-state index in [2.05, 4.69) is 83.8 Å². The number of nitrogens with zero attached hydrogens (tertiary/aromatic N) is 4. The summed E-state index contributed by atoms with van der Waals surface area (Å²) < 4.78 is 0. The molecule has 0 radical (unpaired) electrons. The molecule has 0 atom stereocenters. The van der Waals surface area contributed by atoms with E-state index >= 15 is 0 Å². The van der Waals surface area contributed by atoms with Crippen LogP contribution in [0.25, 0.3) is 55.9 Å². The van der Waals surface area contributed by atoms with Gasteiger partial charge < -0.3 is 5.11 Å². The molecule has 226 valence electrons. The molecule has 1 N–H and O–H groups in total. The van der Waals surface area contributed by atoms with Gasteiger partial charge in [-0.05, 0) is 82.4 Å². The summed E-state index contributed by atoms with van der Waals surface area (Å²) in [7, 11) is 0. The zero-order valence-electron chi connectivity index (χ0n) is 25.8. The number of rotatable bonds is 5. The monoisotopic (exact) mass is 616 g/mol. The molecule has 0 aliphatic heterocycles. The lowest BCUT2D eigenvalue weighted by Gasteiger charge is -2.33. The Hall–Kier alpha value is -6.46. The van der Waals surface area contributed by atoms with Gasteiger partial charge in [-0.15, -0.1) is 0 Å². The van der Waals surface area contributed by atoms with Crippen LogP contribution in [0.2, 0.25) is 0 Å². The Labute approximate surface area is 277 Å². The fourth-order valence-corrected chi connectivity index (χ4v) is 7.25. The summed E-state index contributed by atoms with van der Waals surface area (Å²) in [6.07, 6.45) is 3.58. The Kier molecular flexibility index (Phi) is 6.44. The average molecular weight is 617 g/mol. The smallest absolute Gasteiger partial charge is 0.134 e. The fraction of sp³-hybridized carbons (Fsp3) is 0.0233. The first-order chi connectivity index (χ1) is 23.7. The van der Waals surface area contributed by atoms with Crippen molar-refractivity contribution >= 4 is 11.0 Å². The Bertz CT molecular complexity index is 2450. The molecular weight excluding hydrogens is 589 g/mol. The van der Waals surface area contributed by atoms with E-state index in [-0.39, 0.29) is 5.75 Å². The lowest BCUT2D eigenvalue weighted by atomic mass is 9.69.